The van der Waals surface area contributed by atoms with Crippen LogP contribution in [0.4, 0.5) is 0 Å². The SMILES string of the molecule is CCc1ccc(C(=O)N2CCCCC2C#N)o1. The lowest BCUT2D eigenvalue weighted by atomic mass is 10.0. The minimum atomic E-state index is -0.300. The molecule has 1 amide bonds. The van der Waals surface area contributed by atoms with Crippen LogP contribution in [0.2, 0.25) is 0 Å². The van der Waals surface area contributed by atoms with Gasteiger partial charge in [0.25, 0.3) is 5.91 Å². The molecule has 4 nitrogen and oxygen atoms in total. The molecule has 0 aromatic carbocycles. The van der Waals surface area contributed by atoms with Crippen molar-refractivity contribution in [1.82, 2.24) is 4.90 Å². The first-order valence-electron chi connectivity index (χ1n) is 6.05. The fourth-order valence-electron chi connectivity index (χ4n) is 2.13. The zero-order valence-electron chi connectivity index (χ0n) is 9.98. The molecule has 1 unspecified atom stereocenters. The average molecular weight is 232 g/mol. The van der Waals surface area contributed by atoms with Gasteiger partial charge in [-0.2, -0.15) is 5.26 Å². The predicted molar refractivity (Wildman–Crippen MR) is 62.4 cm³/mol. The zero-order valence-corrected chi connectivity index (χ0v) is 9.98. The molecule has 0 saturated carbocycles. The average Bonchev–Trinajstić information content (AvgIpc) is 2.86. The number of piperidine rings is 1. The molecule has 1 aromatic rings. The molecule has 2 heterocycles. The number of carbonyl (C=O) groups excluding carboxylic acids is 1. The summed E-state index contributed by atoms with van der Waals surface area (Å²) in [4.78, 5) is 13.8. The van der Waals surface area contributed by atoms with Crippen molar-refractivity contribution in [3.05, 3.63) is 23.7 Å². The van der Waals surface area contributed by atoms with E-state index >= 15 is 0 Å². The summed E-state index contributed by atoms with van der Waals surface area (Å²) < 4.78 is 5.44. The Kier molecular flexibility index (Phi) is 3.48. The Bertz CT molecular complexity index is 445. The summed E-state index contributed by atoms with van der Waals surface area (Å²) in [6, 6.07) is 5.41. The highest BCUT2D eigenvalue weighted by molar-refractivity contribution is 5.92. The summed E-state index contributed by atoms with van der Waals surface area (Å²) in [7, 11) is 0. The quantitative estimate of drug-likeness (QED) is 0.786. The summed E-state index contributed by atoms with van der Waals surface area (Å²) in [5.41, 5.74) is 0. The van der Waals surface area contributed by atoms with Gasteiger partial charge in [-0.1, -0.05) is 6.92 Å². The first-order valence-corrected chi connectivity index (χ1v) is 6.05. The lowest BCUT2D eigenvalue weighted by molar-refractivity contribution is 0.0636. The summed E-state index contributed by atoms with van der Waals surface area (Å²) in [6.07, 6.45) is 3.52. The first-order chi connectivity index (χ1) is 8.26. The number of rotatable bonds is 2. The number of amides is 1. The zero-order chi connectivity index (χ0) is 12.3. The third kappa shape index (κ3) is 2.33. The molecule has 2 rings (SSSR count). The molecule has 1 saturated heterocycles. The Hall–Kier alpha value is -1.76. The fraction of sp³-hybridized carbons (Fsp3) is 0.538. The molecule has 1 aliphatic heterocycles. The van der Waals surface area contributed by atoms with E-state index in [1.165, 1.54) is 0 Å². The Morgan fingerprint density at radius 3 is 3.06 bits per heavy atom. The Balaban J connectivity index is 2.15. The van der Waals surface area contributed by atoms with Crippen LogP contribution >= 0.6 is 0 Å². The van der Waals surface area contributed by atoms with Gasteiger partial charge in [0.05, 0.1) is 6.07 Å². The van der Waals surface area contributed by atoms with Crippen LogP contribution in [-0.2, 0) is 6.42 Å². The molecule has 0 aliphatic carbocycles. The van der Waals surface area contributed by atoms with Gasteiger partial charge in [0, 0.05) is 13.0 Å². The molecule has 0 bridgehead atoms. The predicted octanol–water partition coefficient (Wildman–Crippen LogP) is 2.36. The number of aryl methyl sites for hydroxylation is 1. The molecule has 0 spiro atoms. The summed E-state index contributed by atoms with van der Waals surface area (Å²) in [6.45, 7) is 2.63. The number of hydrogen-bond acceptors (Lipinski definition) is 3. The fourth-order valence-corrected chi connectivity index (χ4v) is 2.13. The van der Waals surface area contributed by atoms with E-state index in [4.69, 9.17) is 9.68 Å². The van der Waals surface area contributed by atoms with E-state index in [2.05, 4.69) is 6.07 Å². The minimum absolute atomic E-state index is 0.157. The van der Waals surface area contributed by atoms with E-state index in [1.54, 1.807) is 11.0 Å². The van der Waals surface area contributed by atoms with Crippen LogP contribution in [-0.4, -0.2) is 23.4 Å². The number of likely N-dealkylation sites (tertiary alicyclic amines) is 1. The van der Waals surface area contributed by atoms with Crippen LogP contribution < -0.4 is 0 Å². The van der Waals surface area contributed by atoms with E-state index in [0.29, 0.717) is 12.3 Å². The van der Waals surface area contributed by atoms with Gasteiger partial charge in [-0.05, 0) is 31.4 Å². The third-order valence-electron chi connectivity index (χ3n) is 3.13. The highest BCUT2D eigenvalue weighted by Gasteiger charge is 2.28. The third-order valence-corrected chi connectivity index (χ3v) is 3.13. The number of nitrogens with zero attached hydrogens (tertiary/aromatic N) is 2. The summed E-state index contributed by atoms with van der Waals surface area (Å²) >= 11 is 0. The second-order valence-corrected chi connectivity index (χ2v) is 4.26. The standard InChI is InChI=1S/C13H16N2O2/c1-2-11-6-7-12(17-11)13(16)15-8-4-3-5-10(15)9-14/h6-7,10H,2-5,8H2,1H3. The van der Waals surface area contributed by atoms with Gasteiger partial charge in [0.2, 0.25) is 0 Å². The Morgan fingerprint density at radius 2 is 2.41 bits per heavy atom. The molecular weight excluding hydrogens is 216 g/mol. The van der Waals surface area contributed by atoms with E-state index in [9.17, 15) is 4.79 Å². The Morgan fingerprint density at radius 1 is 1.59 bits per heavy atom. The van der Waals surface area contributed by atoms with Crippen molar-refractivity contribution >= 4 is 5.91 Å². The molecule has 0 N–H and O–H groups in total. The Labute approximate surface area is 101 Å². The molecule has 1 aliphatic rings. The van der Waals surface area contributed by atoms with Gasteiger partial charge in [-0.15, -0.1) is 0 Å². The second-order valence-electron chi connectivity index (χ2n) is 4.26. The van der Waals surface area contributed by atoms with Crippen molar-refractivity contribution in [2.75, 3.05) is 6.54 Å². The number of nitriles is 1. The summed E-state index contributed by atoms with van der Waals surface area (Å²) in [5, 5.41) is 9.03. The normalized spacial score (nSPS) is 20.0. The van der Waals surface area contributed by atoms with Crippen molar-refractivity contribution in [1.29, 1.82) is 5.26 Å². The van der Waals surface area contributed by atoms with E-state index in [-0.39, 0.29) is 11.9 Å². The van der Waals surface area contributed by atoms with Crippen LogP contribution in [0.25, 0.3) is 0 Å². The van der Waals surface area contributed by atoms with Crippen LogP contribution in [0, 0.1) is 11.3 Å². The molecule has 4 heteroatoms. The molecular formula is C13H16N2O2. The van der Waals surface area contributed by atoms with Gasteiger partial charge in [0.15, 0.2) is 5.76 Å². The maximum atomic E-state index is 12.2. The van der Waals surface area contributed by atoms with Gasteiger partial charge >= 0.3 is 0 Å². The van der Waals surface area contributed by atoms with Gasteiger partial charge in [-0.25, -0.2) is 0 Å². The molecule has 1 atom stereocenters. The number of furan rings is 1. The van der Waals surface area contributed by atoms with Crippen LogP contribution in [0.15, 0.2) is 16.5 Å². The molecule has 0 radical (unpaired) electrons. The maximum Gasteiger partial charge on any atom is 0.290 e. The van der Waals surface area contributed by atoms with Crippen LogP contribution in [0.5, 0.6) is 0 Å². The molecule has 1 fully saturated rings. The van der Waals surface area contributed by atoms with Crippen molar-refractivity contribution < 1.29 is 9.21 Å². The topological polar surface area (TPSA) is 57.2 Å². The molecule has 90 valence electrons. The van der Waals surface area contributed by atoms with E-state index < -0.39 is 0 Å². The highest BCUT2D eigenvalue weighted by atomic mass is 16.4. The minimum Gasteiger partial charge on any atom is -0.456 e. The molecule has 1 aromatic heterocycles. The lowest BCUT2D eigenvalue weighted by Gasteiger charge is -2.30. The van der Waals surface area contributed by atoms with Crippen molar-refractivity contribution in [3.8, 4) is 6.07 Å². The number of hydrogen-bond donors (Lipinski definition) is 0. The van der Waals surface area contributed by atoms with Gasteiger partial charge in [-0.3, -0.25) is 4.79 Å². The van der Waals surface area contributed by atoms with Crippen molar-refractivity contribution in [3.63, 3.8) is 0 Å². The first kappa shape index (κ1) is 11.7. The monoisotopic (exact) mass is 232 g/mol. The second kappa shape index (κ2) is 5.05. The smallest absolute Gasteiger partial charge is 0.290 e. The van der Waals surface area contributed by atoms with Crippen molar-refractivity contribution in [2.45, 2.75) is 38.6 Å². The highest BCUT2D eigenvalue weighted by Crippen LogP contribution is 2.20. The summed E-state index contributed by atoms with van der Waals surface area (Å²) in [5.74, 6) is 0.999. The maximum absolute atomic E-state index is 12.2. The van der Waals surface area contributed by atoms with Crippen LogP contribution in [0.1, 0.15) is 42.5 Å². The molecule has 17 heavy (non-hydrogen) atoms. The van der Waals surface area contributed by atoms with E-state index in [1.807, 2.05) is 13.0 Å². The van der Waals surface area contributed by atoms with Crippen molar-refractivity contribution in [2.24, 2.45) is 0 Å². The van der Waals surface area contributed by atoms with E-state index in [0.717, 1.165) is 31.4 Å². The van der Waals surface area contributed by atoms with Gasteiger partial charge < -0.3 is 9.32 Å². The van der Waals surface area contributed by atoms with Gasteiger partial charge in [0.1, 0.15) is 11.8 Å². The number of carbonyl (C=O) groups is 1. The van der Waals surface area contributed by atoms with Crippen LogP contribution in [0.3, 0.4) is 0 Å². The lowest BCUT2D eigenvalue weighted by Crippen LogP contribution is -2.42. The largest absolute Gasteiger partial charge is 0.456 e.